The van der Waals surface area contributed by atoms with E-state index in [-0.39, 0.29) is 42.6 Å². The van der Waals surface area contributed by atoms with Gasteiger partial charge in [-0.2, -0.15) is 0 Å². The van der Waals surface area contributed by atoms with Crippen molar-refractivity contribution in [1.82, 2.24) is 15.1 Å². The molecule has 0 unspecified atom stereocenters. The second-order valence-electron chi connectivity index (χ2n) is 7.47. The fourth-order valence-corrected chi connectivity index (χ4v) is 3.24. The van der Waals surface area contributed by atoms with Gasteiger partial charge in [-0.15, -0.1) is 0 Å². The summed E-state index contributed by atoms with van der Waals surface area (Å²) in [4.78, 5) is 12.5. The summed E-state index contributed by atoms with van der Waals surface area (Å²) in [7, 11) is 0. The molecule has 2 aromatic rings. The summed E-state index contributed by atoms with van der Waals surface area (Å²) in [5.74, 6) is 0.727. The molecule has 2 saturated carbocycles. The van der Waals surface area contributed by atoms with Gasteiger partial charge in [0.25, 0.3) is 5.88 Å². The molecule has 0 amide bonds. The maximum absolute atomic E-state index is 15.2. The normalized spacial score (nSPS) is 24.3. The molecule has 2 heterocycles. The zero-order chi connectivity index (χ0) is 21.1. The lowest BCUT2D eigenvalue weighted by Gasteiger charge is -2.41. The fraction of sp³-hybridized carbons (Fsp3) is 0.429. The number of alkyl halides is 1. The fourth-order valence-electron chi connectivity index (χ4n) is 3.24. The highest BCUT2D eigenvalue weighted by Crippen LogP contribution is 2.44. The Kier molecular flexibility index (Phi) is 5.52. The highest BCUT2D eigenvalue weighted by Gasteiger charge is 2.48. The van der Waals surface area contributed by atoms with Crippen molar-refractivity contribution < 1.29 is 23.5 Å². The van der Waals surface area contributed by atoms with Gasteiger partial charge in [0.1, 0.15) is 23.6 Å². The number of aromatic nitrogens is 3. The molecule has 0 saturated heterocycles. The predicted octanol–water partition coefficient (Wildman–Crippen LogP) is 4.14. The molecule has 0 bridgehead atoms. The van der Waals surface area contributed by atoms with Crippen LogP contribution in [-0.4, -0.2) is 44.3 Å². The number of hydrogen-bond donors (Lipinski definition) is 1. The molecule has 2 aromatic heterocycles. The van der Waals surface area contributed by atoms with E-state index in [1.54, 1.807) is 19.2 Å². The van der Waals surface area contributed by atoms with Gasteiger partial charge in [-0.25, -0.2) is 19.4 Å². The van der Waals surface area contributed by atoms with Crippen molar-refractivity contribution in [2.75, 3.05) is 0 Å². The van der Waals surface area contributed by atoms with Crippen LogP contribution < -0.4 is 4.74 Å². The minimum Gasteiger partial charge on any atom is -0.491 e. The number of ether oxygens (including phenoxy) is 2. The summed E-state index contributed by atoms with van der Waals surface area (Å²) >= 11 is 0. The molecule has 8 nitrogen and oxygen atoms in total. The summed E-state index contributed by atoms with van der Waals surface area (Å²) in [5, 5.41) is 12.6. The standard InChI is InChI=1S/C21H23FN4O4/c1-3-23-19(28-14-5-4-6-14)7-13(2)21(22)9-15(10-21)29-20-12-24-16(11-25-20)17-8-18(27)26-30-17/h3,7-8,11-12,14-15H,2,4-6,9-10H2,1H3,(H,26,27)/b19-7+,23-3-/t15-,21-. The first-order valence-electron chi connectivity index (χ1n) is 9.85. The second-order valence-corrected chi connectivity index (χ2v) is 7.47. The Morgan fingerprint density at radius 1 is 1.33 bits per heavy atom. The van der Waals surface area contributed by atoms with E-state index in [0.29, 0.717) is 17.2 Å². The molecule has 0 aromatic carbocycles. The van der Waals surface area contributed by atoms with E-state index in [4.69, 9.17) is 14.0 Å². The van der Waals surface area contributed by atoms with Gasteiger partial charge < -0.3 is 19.1 Å². The molecule has 2 aliphatic carbocycles. The van der Waals surface area contributed by atoms with Crippen molar-refractivity contribution in [3.05, 3.63) is 42.6 Å². The van der Waals surface area contributed by atoms with Crippen LogP contribution in [0.3, 0.4) is 0 Å². The monoisotopic (exact) mass is 414 g/mol. The number of aliphatic imine (C=N–C) groups is 1. The summed E-state index contributed by atoms with van der Waals surface area (Å²) in [6.45, 7) is 5.67. The van der Waals surface area contributed by atoms with Crippen molar-refractivity contribution in [3.8, 4) is 23.2 Å². The van der Waals surface area contributed by atoms with Crippen molar-refractivity contribution in [2.45, 2.75) is 56.9 Å². The number of hydrogen-bond acceptors (Lipinski definition) is 8. The van der Waals surface area contributed by atoms with Gasteiger partial charge in [0.05, 0.1) is 18.5 Å². The van der Waals surface area contributed by atoms with E-state index < -0.39 is 5.67 Å². The molecule has 4 rings (SSSR count). The predicted molar refractivity (Wildman–Crippen MR) is 107 cm³/mol. The average molecular weight is 414 g/mol. The molecule has 2 fully saturated rings. The van der Waals surface area contributed by atoms with Crippen molar-refractivity contribution >= 4 is 6.21 Å². The van der Waals surface area contributed by atoms with Crippen molar-refractivity contribution in [3.63, 3.8) is 0 Å². The maximum Gasteiger partial charge on any atom is 0.252 e. The molecule has 2 aliphatic rings. The van der Waals surface area contributed by atoms with Gasteiger partial charge in [-0.3, -0.25) is 0 Å². The van der Waals surface area contributed by atoms with Gasteiger partial charge in [0, 0.05) is 25.1 Å². The first kappa shape index (κ1) is 20.1. The smallest absolute Gasteiger partial charge is 0.252 e. The van der Waals surface area contributed by atoms with Crippen molar-refractivity contribution in [1.29, 1.82) is 0 Å². The van der Waals surface area contributed by atoms with Crippen LogP contribution in [0.15, 0.2) is 52.1 Å². The molecular weight excluding hydrogens is 391 g/mol. The van der Waals surface area contributed by atoms with Crippen LogP contribution in [0.1, 0.15) is 39.0 Å². The quantitative estimate of drug-likeness (QED) is 0.393. The van der Waals surface area contributed by atoms with E-state index in [0.717, 1.165) is 19.3 Å². The Morgan fingerprint density at radius 3 is 2.70 bits per heavy atom. The zero-order valence-corrected chi connectivity index (χ0v) is 16.6. The summed E-state index contributed by atoms with van der Waals surface area (Å²) < 4.78 is 31.6. The first-order valence-corrected chi connectivity index (χ1v) is 9.85. The van der Waals surface area contributed by atoms with Gasteiger partial charge in [0.15, 0.2) is 5.76 Å². The number of allylic oxidation sites excluding steroid dienone is 2. The minimum atomic E-state index is -1.56. The van der Waals surface area contributed by atoms with Crippen LogP contribution in [0.25, 0.3) is 11.5 Å². The lowest BCUT2D eigenvalue weighted by atomic mass is 9.74. The van der Waals surface area contributed by atoms with Crippen LogP contribution in [0, 0.1) is 0 Å². The average Bonchev–Trinajstić information content (AvgIpc) is 3.10. The lowest BCUT2D eigenvalue weighted by molar-refractivity contribution is -0.0176. The molecule has 0 aliphatic heterocycles. The summed E-state index contributed by atoms with van der Waals surface area (Å²) in [6.07, 6.45) is 9.34. The molecule has 0 spiro atoms. The Labute approximate surface area is 173 Å². The number of nitrogens with zero attached hydrogens (tertiary/aromatic N) is 4. The largest absolute Gasteiger partial charge is 0.491 e. The number of rotatable bonds is 8. The Balaban J connectivity index is 1.32. The number of aromatic hydroxyl groups is 1. The highest BCUT2D eigenvalue weighted by molar-refractivity contribution is 5.55. The second kappa shape index (κ2) is 8.25. The van der Waals surface area contributed by atoms with Crippen LogP contribution in [0.5, 0.6) is 11.8 Å². The Hall–Kier alpha value is -3.23. The van der Waals surface area contributed by atoms with Crippen LogP contribution in [-0.2, 0) is 4.74 Å². The first-order chi connectivity index (χ1) is 14.4. The van der Waals surface area contributed by atoms with E-state index in [1.807, 2.05) is 0 Å². The molecule has 9 heteroatoms. The highest BCUT2D eigenvalue weighted by atomic mass is 19.1. The molecule has 0 radical (unpaired) electrons. The van der Waals surface area contributed by atoms with Gasteiger partial charge in [-0.1, -0.05) is 6.58 Å². The van der Waals surface area contributed by atoms with Gasteiger partial charge in [0.2, 0.25) is 11.8 Å². The van der Waals surface area contributed by atoms with Gasteiger partial charge in [-0.05, 0) is 36.9 Å². The maximum atomic E-state index is 15.2. The Bertz CT molecular complexity index is 960. The van der Waals surface area contributed by atoms with E-state index in [9.17, 15) is 5.11 Å². The third-order valence-corrected chi connectivity index (χ3v) is 5.24. The van der Waals surface area contributed by atoms with Gasteiger partial charge >= 0.3 is 0 Å². The van der Waals surface area contributed by atoms with Crippen molar-refractivity contribution in [2.24, 2.45) is 4.99 Å². The van der Waals surface area contributed by atoms with E-state index in [2.05, 4.69) is 26.7 Å². The Morgan fingerprint density at radius 2 is 2.13 bits per heavy atom. The lowest BCUT2D eigenvalue weighted by Crippen LogP contribution is -2.47. The summed E-state index contributed by atoms with van der Waals surface area (Å²) in [6, 6.07) is 1.33. The number of halogens is 1. The minimum absolute atomic E-state index is 0.156. The van der Waals surface area contributed by atoms with Crippen LogP contribution in [0.2, 0.25) is 0 Å². The molecule has 30 heavy (non-hydrogen) atoms. The molecule has 158 valence electrons. The molecule has 1 N–H and O–H groups in total. The van der Waals surface area contributed by atoms with E-state index >= 15 is 4.39 Å². The third kappa shape index (κ3) is 4.34. The van der Waals surface area contributed by atoms with E-state index in [1.165, 1.54) is 18.5 Å². The zero-order valence-electron chi connectivity index (χ0n) is 16.6. The third-order valence-electron chi connectivity index (χ3n) is 5.24. The topological polar surface area (TPSA) is 103 Å². The molecular formula is C21H23FN4O4. The molecule has 0 atom stereocenters. The SMILES string of the molecule is C=C(/C=C(\N=C/C)OC1CCC1)[C@]1(F)C[C@H](Oc2cnc(-c3cc(O)no3)cn2)C1. The van der Waals surface area contributed by atoms with Crippen LogP contribution in [0.4, 0.5) is 4.39 Å². The van der Waals surface area contributed by atoms with Crippen LogP contribution >= 0.6 is 0 Å². The summed E-state index contributed by atoms with van der Waals surface area (Å²) in [5.41, 5.74) is -0.834.